The van der Waals surface area contributed by atoms with Gasteiger partial charge in [0.15, 0.2) is 5.82 Å². The molecule has 1 aromatic rings. The summed E-state index contributed by atoms with van der Waals surface area (Å²) >= 11 is 0. The fourth-order valence-electron chi connectivity index (χ4n) is 2.29. The number of hydrogen-bond donors (Lipinski definition) is 2. The van der Waals surface area contributed by atoms with Gasteiger partial charge in [0, 0.05) is 0 Å². The number of rotatable bonds is 6. The average molecular weight is 238 g/mol. The molecule has 0 bridgehead atoms. The van der Waals surface area contributed by atoms with Crippen LogP contribution in [0.2, 0.25) is 0 Å². The lowest BCUT2D eigenvalue weighted by Gasteiger charge is -2.22. The van der Waals surface area contributed by atoms with Crippen molar-refractivity contribution in [1.82, 2.24) is 20.8 Å². The van der Waals surface area contributed by atoms with E-state index < -0.39 is 0 Å². The summed E-state index contributed by atoms with van der Waals surface area (Å²) in [5.74, 6) is 2.26. The van der Waals surface area contributed by atoms with Gasteiger partial charge in [0.1, 0.15) is 0 Å². The summed E-state index contributed by atoms with van der Waals surface area (Å²) in [5.41, 5.74) is 0. The first-order valence-electron chi connectivity index (χ1n) is 6.55. The first-order chi connectivity index (χ1) is 8.34. The van der Waals surface area contributed by atoms with Gasteiger partial charge in [-0.2, -0.15) is 4.98 Å². The van der Waals surface area contributed by atoms with Crippen LogP contribution in [0.5, 0.6) is 0 Å². The van der Waals surface area contributed by atoms with Gasteiger partial charge in [-0.05, 0) is 58.2 Å². The van der Waals surface area contributed by atoms with Crippen LogP contribution >= 0.6 is 0 Å². The Morgan fingerprint density at radius 3 is 3.18 bits per heavy atom. The van der Waals surface area contributed by atoms with Crippen molar-refractivity contribution >= 4 is 0 Å². The Morgan fingerprint density at radius 2 is 2.47 bits per heavy atom. The molecule has 5 nitrogen and oxygen atoms in total. The van der Waals surface area contributed by atoms with Gasteiger partial charge in [0.25, 0.3) is 0 Å². The Balaban J connectivity index is 1.51. The molecule has 2 heterocycles. The number of nitrogens with zero attached hydrogens (tertiary/aromatic N) is 2. The summed E-state index contributed by atoms with van der Waals surface area (Å²) in [6.45, 7) is 5.94. The molecule has 2 rings (SSSR count). The van der Waals surface area contributed by atoms with E-state index in [1.54, 1.807) is 0 Å². The molecule has 1 atom stereocenters. The highest BCUT2D eigenvalue weighted by atomic mass is 16.5. The van der Waals surface area contributed by atoms with E-state index in [-0.39, 0.29) is 0 Å². The third kappa shape index (κ3) is 4.44. The van der Waals surface area contributed by atoms with Crippen LogP contribution in [0.15, 0.2) is 4.52 Å². The normalized spacial score (nSPS) is 20.6. The fourth-order valence-corrected chi connectivity index (χ4v) is 2.29. The molecule has 0 aromatic carbocycles. The molecule has 1 aliphatic heterocycles. The molecule has 0 aliphatic carbocycles. The predicted molar refractivity (Wildman–Crippen MR) is 65.6 cm³/mol. The van der Waals surface area contributed by atoms with Crippen molar-refractivity contribution in [3.05, 3.63) is 11.7 Å². The minimum Gasteiger partial charge on any atom is -0.338 e. The van der Waals surface area contributed by atoms with Crippen molar-refractivity contribution in [2.75, 3.05) is 19.6 Å². The highest BCUT2D eigenvalue weighted by Gasteiger charge is 2.11. The summed E-state index contributed by atoms with van der Waals surface area (Å²) in [4.78, 5) is 4.15. The zero-order chi connectivity index (χ0) is 11.9. The van der Waals surface area contributed by atoms with Crippen molar-refractivity contribution < 1.29 is 4.52 Å². The van der Waals surface area contributed by atoms with E-state index in [9.17, 15) is 0 Å². The summed E-state index contributed by atoms with van der Waals surface area (Å²) < 4.78 is 5.03. The molecule has 96 valence electrons. The molecule has 0 radical (unpaired) electrons. The first-order valence-corrected chi connectivity index (χ1v) is 6.55. The molecular weight excluding hydrogens is 216 g/mol. The number of hydrogen-bond acceptors (Lipinski definition) is 5. The van der Waals surface area contributed by atoms with Crippen molar-refractivity contribution in [3.8, 4) is 0 Å². The minimum absolute atomic E-state index is 0.682. The largest absolute Gasteiger partial charge is 0.338 e. The Hall–Kier alpha value is -0.940. The van der Waals surface area contributed by atoms with Crippen LogP contribution in [0.1, 0.15) is 37.4 Å². The van der Waals surface area contributed by atoms with Gasteiger partial charge in [-0.1, -0.05) is 5.16 Å². The van der Waals surface area contributed by atoms with Gasteiger partial charge in [-0.15, -0.1) is 0 Å². The number of nitrogens with one attached hydrogen (secondary N) is 2. The molecule has 1 aromatic heterocycles. The van der Waals surface area contributed by atoms with Crippen molar-refractivity contribution in [2.45, 2.75) is 39.2 Å². The molecule has 2 N–H and O–H groups in total. The summed E-state index contributed by atoms with van der Waals surface area (Å²) in [6, 6.07) is 0. The minimum atomic E-state index is 0.682. The molecule has 5 heteroatoms. The van der Waals surface area contributed by atoms with E-state index in [0.717, 1.165) is 12.5 Å². The molecule has 0 saturated carbocycles. The molecule has 1 fully saturated rings. The molecule has 0 amide bonds. The molecular formula is C12H22N4O. The molecule has 1 unspecified atom stereocenters. The van der Waals surface area contributed by atoms with E-state index in [4.69, 9.17) is 4.52 Å². The lowest BCUT2D eigenvalue weighted by molar-refractivity contribution is 0.341. The molecule has 17 heavy (non-hydrogen) atoms. The number of aryl methyl sites for hydroxylation is 1. The van der Waals surface area contributed by atoms with E-state index in [1.165, 1.54) is 38.8 Å². The van der Waals surface area contributed by atoms with Crippen LogP contribution in [-0.4, -0.2) is 29.8 Å². The van der Waals surface area contributed by atoms with Crippen molar-refractivity contribution in [2.24, 2.45) is 5.92 Å². The van der Waals surface area contributed by atoms with E-state index in [2.05, 4.69) is 20.8 Å². The van der Waals surface area contributed by atoms with Gasteiger partial charge < -0.3 is 15.2 Å². The van der Waals surface area contributed by atoms with Crippen LogP contribution in [0.4, 0.5) is 0 Å². The quantitative estimate of drug-likeness (QED) is 0.730. The summed E-state index contributed by atoms with van der Waals surface area (Å²) in [6.07, 6.45) is 5.25. The lowest BCUT2D eigenvalue weighted by atomic mass is 9.95. The highest BCUT2D eigenvalue weighted by Crippen LogP contribution is 2.15. The highest BCUT2D eigenvalue weighted by molar-refractivity contribution is 4.81. The van der Waals surface area contributed by atoms with E-state index in [0.29, 0.717) is 18.3 Å². The zero-order valence-corrected chi connectivity index (χ0v) is 10.5. The van der Waals surface area contributed by atoms with Crippen LogP contribution in [0.3, 0.4) is 0 Å². The maximum absolute atomic E-state index is 5.03. The third-order valence-electron chi connectivity index (χ3n) is 3.21. The van der Waals surface area contributed by atoms with Crippen molar-refractivity contribution in [1.29, 1.82) is 0 Å². The van der Waals surface area contributed by atoms with Crippen LogP contribution < -0.4 is 10.6 Å². The Kier molecular flexibility index (Phi) is 4.94. The number of piperidine rings is 1. The van der Waals surface area contributed by atoms with Gasteiger partial charge in [0.05, 0.1) is 6.54 Å². The predicted octanol–water partition coefficient (Wildman–Crippen LogP) is 1.25. The van der Waals surface area contributed by atoms with Gasteiger partial charge in [-0.3, -0.25) is 0 Å². The first kappa shape index (κ1) is 12.5. The summed E-state index contributed by atoms with van der Waals surface area (Å²) in [5, 5.41) is 10.5. The SMILES string of the molecule is Cc1noc(CNCCCC2CCCNC2)n1. The smallest absolute Gasteiger partial charge is 0.240 e. The number of aromatic nitrogens is 2. The summed E-state index contributed by atoms with van der Waals surface area (Å²) in [7, 11) is 0. The second-order valence-corrected chi connectivity index (χ2v) is 4.77. The Labute approximate surface area is 102 Å². The Morgan fingerprint density at radius 1 is 1.53 bits per heavy atom. The maximum atomic E-state index is 5.03. The van der Waals surface area contributed by atoms with E-state index >= 15 is 0 Å². The standard InChI is InChI=1S/C12H22N4O/c1-10-15-12(17-16-10)9-14-7-3-5-11-4-2-6-13-8-11/h11,13-14H,2-9H2,1H3. The Bertz CT molecular complexity index is 320. The lowest BCUT2D eigenvalue weighted by Crippen LogP contribution is -2.30. The molecule has 1 aliphatic rings. The van der Waals surface area contributed by atoms with Crippen LogP contribution in [0.25, 0.3) is 0 Å². The fraction of sp³-hybridized carbons (Fsp3) is 0.833. The maximum Gasteiger partial charge on any atom is 0.240 e. The van der Waals surface area contributed by atoms with Gasteiger partial charge >= 0.3 is 0 Å². The molecule has 0 spiro atoms. The third-order valence-corrected chi connectivity index (χ3v) is 3.21. The molecule has 1 saturated heterocycles. The van der Waals surface area contributed by atoms with Crippen molar-refractivity contribution in [3.63, 3.8) is 0 Å². The topological polar surface area (TPSA) is 63.0 Å². The second-order valence-electron chi connectivity index (χ2n) is 4.77. The monoisotopic (exact) mass is 238 g/mol. The average Bonchev–Trinajstić information content (AvgIpc) is 2.76. The zero-order valence-electron chi connectivity index (χ0n) is 10.5. The van der Waals surface area contributed by atoms with E-state index in [1.807, 2.05) is 6.92 Å². The van der Waals surface area contributed by atoms with Crippen LogP contribution in [0, 0.1) is 12.8 Å². The van der Waals surface area contributed by atoms with Crippen LogP contribution in [-0.2, 0) is 6.54 Å². The van der Waals surface area contributed by atoms with Gasteiger partial charge in [0.2, 0.25) is 5.89 Å². The van der Waals surface area contributed by atoms with Gasteiger partial charge in [-0.25, -0.2) is 0 Å². The second kappa shape index (κ2) is 6.71.